The number of rotatable bonds is 4. The van der Waals surface area contributed by atoms with Crippen molar-refractivity contribution in [3.05, 3.63) is 27.5 Å². The second kappa shape index (κ2) is 6.53. The summed E-state index contributed by atoms with van der Waals surface area (Å²) < 4.78 is 0.835. The first kappa shape index (κ1) is 15.2. The van der Waals surface area contributed by atoms with Crippen LogP contribution in [0.3, 0.4) is 0 Å². The molecule has 1 fully saturated rings. The minimum atomic E-state index is -0.901. The van der Waals surface area contributed by atoms with Gasteiger partial charge in [0.25, 0.3) is 0 Å². The van der Waals surface area contributed by atoms with Gasteiger partial charge in [0, 0.05) is 16.7 Å². The summed E-state index contributed by atoms with van der Waals surface area (Å²) in [5.41, 5.74) is -0.290. The van der Waals surface area contributed by atoms with Crippen molar-refractivity contribution in [2.24, 2.45) is 0 Å². The molecule has 5 heteroatoms. The molecule has 3 nitrogen and oxygen atoms in total. The predicted octanol–water partition coefficient (Wildman–Crippen LogP) is 3.63. The summed E-state index contributed by atoms with van der Waals surface area (Å²) in [6, 6.07) is 2.14. The molecular formula is C14H20BrClN2O. The summed E-state index contributed by atoms with van der Waals surface area (Å²) in [7, 11) is 0. The third-order valence-electron chi connectivity index (χ3n) is 3.71. The van der Waals surface area contributed by atoms with Gasteiger partial charge in [-0.1, -0.05) is 31.4 Å². The Balaban J connectivity index is 2.16. The number of hydrogen-bond acceptors (Lipinski definition) is 3. The lowest BCUT2D eigenvalue weighted by molar-refractivity contribution is -0.0140. The number of aliphatic hydroxyl groups is 1. The second-order valence-electron chi connectivity index (χ2n) is 5.26. The van der Waals surface area contributed by atoms with E-state index in [2.05, 4.69) is 33.2 Å². The maximum atomic E-state index is 10.9. The fraction of sp³-hybridized carbons (Fsp3) is 0.643. The first-order valence-electron chi connectivity index (χ1n) is 6.82. The van der Waals surface area contributed by atoms with E-state index in [0.29, 0.717) is 29.6 Å². The highest BCUT2D eigenvalue weighted by Gasteiger charge is 2.38. The maximum absolute atomic E-state index is 10.9. The van der Waals surface area contributed by atoms with Crippen molar-refractivity contribution in [3.63, 3.8) is 0 Å². The normalized spacial score (nSPS) is 27.5. The SMILES string of the molecule is CCCCC1CC(O)(c2ncc(Br)cc2Cl)CCN1. The Kier molecular flexibility index (Phi) is 5.23. The van der Waals surface area contributed by atoms with Gasteiger partial charge in [0.2, 0.25) is 0 Å². The number of piperidine rings is 1. The van der Waals surface area contributed by atoms with Crippen LogP contribution in [0.25, 0.3) is 0 Å². The van der Waals surface area contributed by atoms with Crippen LogP contribution in [-0.4, -0.2) is 22.7 Å². The van der Waals surface area contributed by atoms with Crippen molar-refractivity contribution in [3.8, 4) is 0 Å². The summed E-state index contributed by atoms with van der Waals surface area (Å²) in [6.07, 6.45) is 6.48. The molecule has 0 spiro atoms. The molecule has 0 bridgehead atoms. The van der Waals surface area contributed by atoms with Crippen LogP contribution < -0.4 is 5.32 Å². The molecule has 1 saturated heterocycles. The number of hydrogen-bond donors (Lipinski definition) is 2. The van der Waals surface area contributed by atoms with Crippen molar-refractivity contribution < 1.29 is 5.11 Å². The third-order valence-corrected chi connectivity index (χ3v) is 4.43. The molecular weight excluding hydrogens is 328 g/mol. The smallest absolute Gasteiger partial charge is 0.111 e. The topological polar surface area (TPSA) is 45.2 Å². The molecule has 0 saturated carbocycles. The number of nitrogens with zero attached hydrogens (tertiary/aromatic N) is 1. The molecule has 106 valence electrons. The number of unbranched alkanes of at least 4 members (excludes halogenated alkanes) is 1. The lowest BCUT2D eigenvalue weighted by atomic mass is 9.83. The average Bonchev–Trinajstić information content (AvgIpc) is 2.36. The van der Waals surface area contributed by atoms with Gasteiger partial charge in [-0.15, -0.1) is 0 Å². The van der Waals surface area contributed by atoms with Gasteiger partial charge in [-0.05, 0) is 47.8 Å². The molecule has 2 atom stereocenters. The van der Waals surface area contributed by atoms with Crippen LogP contribution in [0.2, 0.25) is 5.02 Å². The van der Waals surface area contributed by atoms with Crippen LogP contribution in [0.4, 0.5) is 0 Å². The highest BCUT2D eigenvalue weighted by molar-refractivity contribution is 9.10. The lowest BCUT2D eigenvalue weighted by Gasteiger charge is -2.37. The number of aromatic nitrogens is 1. The molecule has 1 aromatic heterocycles. The zero-order valence-corrected chi connectivity index (χ0v) is 13.5. The Hall–Kier alpha value is -0.160. The van der Waals surface area contributed by atoms with Gasteiger partial charge in [-0.2, -0.15) is 0 Å². The van der Waals surface area contributed by atoms with Gasteiger partial charge in [0.15, 0.2) is 0 Å². The number of nitrogens with one attached hydrogen (secondary N) is 1. The molecule has 2 heterocycles. The molecule has 0 radical (unpaired) electrons. The van der Waals surface area contributed by atoms with E-state index in [1.807, 2.05) is 0 Å². The molecule has 2 rings (SSSR count). The molecule has 19 heavy (non-hydrogen) atoms. The summed E-state index contributed by atoms with van der Waals surface area (Å²) >= 11 is 9.57. The van der Waals surface area contributed by atoms with E-state index in [1.165, 1.54) is 12.8 Å². The van der Waals surface area contributed by atoms with Crippen LogP contribution in [0.15, 0.2) is 16.7 Å². The number of halogens is 2. The fourth-order valence-corrected chi connectivity index (χ4v) is 3.50. The Morgan fingerprint density at radius 1 is 1.63 bits per heavy atom. The molecule has 0 aromatic carbocycles. The van der Waals surface area contributed by atoms with Crippen molar-refractivity contribution in [1.29, 1.82) is 0 Å². The van der Waals surface area contributed by atoms with Gasteiger partial charge in [-0.3, -0.25) is 4.98 Å². The summed E-state index contributed by atoms with van der Waals surface area (Å²) in [6.45, 7) is 2.99. The van der Waals surface area contributed by atoms with Crippen LogP contribution in [0.1, 0.15) is 44.7 Å². The first-order chi connectivity index (χ1) is 9.05. The van der Waals surface area contributed by atoms with Gasteiger partial charge in [0.1, 0.15) is 5.60 Å². The minimum Gasteiger partial charge on any atom is -0.383 e. The molecule has 1 aromatic rings. The van der Waals surface area contributed by atoms with E-state index in [-0.39, 0.29) is 0 Å². The molecule has 2 unspecified atom stereocenters. The van der Waals surface area contributed by atoms with Crippen molar-refractivity contribution in [2.75, 3.05) is 6.54 Å². The predicted molar refractivity (Wildman–Crippen MR) is 81.4 cm³/mol. The van der Waals surface area contributed by atoms with Crippen LogP contribution in [0.5, 0.6) is 0 Å². The molecule has 0 amide bonds. The third kappa shape index (κ3) is 3.69. The van der Waals surface area contributed by atoms with Crippen molar-refractivity contribution in [2.45, 2.75) is 50.7 Å². The van der Waals surface area contributed by atoms with E-state index in [4.69, 9.17) is 11.6 Å². The summed E-state index contributed by atoms with van der Waals surface area (Å²) in [5, 5.41) is 14.9. The molecule has 2 N–H and O–H groups in total. The molecule has 1 aliphatic heterocycles. The van der Waals surface area contributed by atoms with Gasteiger partial charge < -0.3 is 10.4 Å². The van der Waals surface area contributed by atoms with Crippen LogP contribution in [0, 0.1) is 0 Å². The maximum Gasteiger partial charge on any atom is 0.111 e. The van der Waals surface area contributed by atoms with E-state index in [9.17, 15) is 5.11 Å². The molecule has 0 aliphatic carbocycles. The Bertz CT molecular complexity index is 443. The summed E-state index contributed by atoms with van der Waals surface area (Å²) in [5.74, 6) is 0. The lowest BCUT2D eigenvalue weighted by Crippen LogP contribution is -2.46. The number of pyridine rings is 1. The monoisotopic (exact) mass is 346 g/mol. The second-order valence-corrected chi connectivity index (χ2v) is 6.59. The van der Waals surface area contributed by atoms with E-state index in [1.54, 1.807) is 12.3 Å². The Labute approximate surface area is 127 Å². The zero-order valence-electron chi connectivity index (χ0n) is 11.1. The Morgan fingerprint density at radius 2 is 2.42 bits per heavy atom. The minimum absolute atomic E-state index is 0.347. The van der Waals surface area contributed by atoms with Crippen molar-refractivity contribution in [1.82, 2.24) is 10.3 Å². The van der Waals surface area contributed by atoms with Crippen molar-refractivity contribution >= 4 is 27.5 Å². The quantitative estimate of drug-likeness (QED) is 0.874. The van der Waals surface area contributed by atoms with Gasteiger partial charge in [-0.25, -0.2) is 0 Å². The standard InChI is InChI=1S/C14H20BrClN2O/c1-2-3-4-11-8-14(19,5-6-17-11)13-12(16)7-10(15)9-18-13/h7,9,11,17,19H,2-6,8H2,1H3. The highest BCUT2D eigenvalue weighted by Crippen LogP contribution is 2.37. The van der Waals surface area contributed by atoms with Gasteiger partial charge >= 0.3 is 0 Å². The van der Waals surface area contributed by atoms with Crippen LogP contribution in [-0.2, 0) is 5.60 Å². The Morgan fingerprint density at radius 3 is 3.11 bits per heavy atom. The van der Waals surface area contributed by atoms with E-state index < -0.39 is 5.60 Å². The van der Waals surface area contributed by atoms with Crippen LogP contribution >= 0.6 is 27.5 Å². The zero-order chi connectivity index (χ0) is 13.9. The molecule has 1 aliphatic rings. The summed E-state index contributed by atoms with van der Waals surface area (Å²) in [4.78, 5) is 4.33. The first-order valence-corrected chi connectivity index (χ1v) is 7.99. The fourth-order valence-electron chi connectivity index (χ4n) is 2.69. The van der Waals surface area contributed by atoms with Gasteiger partial charge in [0.05, 0.1) is 10.7 Å². The largest absolute Gasteiger partial charge is 0.383 e. The van der Waals surface area contributed by atoms with E-state index in [0.717, 1.165) is 17.4 Å². The highest BCUT2D eigenvalue weighted by atomic mass is 79.9. The average molecular weight is 348 g/mol. The van der Waals surface area contributed by atoms with E-state index >= 15 is 0 Å².